The van der Waals surface area contributed by atoms with Crippen LogP contribution in [0.2, 0.25) is 0 Å². The van der Waals surface area contributed by atoms with Gasteiger partial charge in [0, 0.05) is 15.7 Å². The van der Waals surface area contributed by atoms with Crippen LogP contribution in [0.3, 0.4) is 0 Å². The lowest BCUT2D eigenvalue weighted by molar-refractivity contribution is 0.309. The molecule has 5 aromatic rings. The number of benzene rings is 4. The van der Waals surface area contributed by atoms with Crippen LogP contribution in [0.5, 0.6) is 5.75 Å². The van der Waals surface area contributed by atoms with E-state index in [-0.39, 0.29) is 6.04 Å². The van der Waals surface area contributed by atoms with Crippen molar-refractivity contribution in [2.24, 2.45) is 9.98 Å². The van der Waals surface area contributed by atoms with Crippen LogP contribution in [0.25, 0.3) is 5.69 Å². The molecule has 0 radical (unpaired) electrons. The average Bonchev–Trinajstić information content (AvgIpc) is 3.37. The first-order valence-electron chi connectivity index (χ1n) is 14.6. The topological polar surface area (TPSA) is 67.0 Å². The Kier molecular flexibility index (Phi) is 7.28. The summed E-state index contributed by atoms with van der Waals surface area (Å²) in [6.45, 7) is 4.94. The highest BCUT2D eigenvalue weighted by atomic mass is 79.9. The Labute approximate surface area is 259 Å². The van der Waals surface area contributed by atoms with Gasteiger partial charge in [-0.25, -0.2) is 14.7 Å². The maximum atomic E-state index is 5.89. The summed E-state index contributed by atoms with van der Waals surface area (Å²) in [5, 5.41) is 8.60. The fourth-order valence-corrected chi connectivity index (χ4v) is 6.06. The van der Waals surface area contributed by atoms with Gasteiger partial charge in [0.25, 0.3) is 0 Å². The number of ether oxygens (including phenoxy) is 1. The van der Waals surface area contributed by atoms with Crippen LogP contribution in [-0.2, 0) is 0 Å². The molecule has 0 spiro atoms. The van der Waals surface area contributed by atoms with Crippen LogP contribution >= 0.6 is 15.9 Å². The number of nitrogens with one attached hydrogen (secondary N) is 1. The van der Waals surface area contributed by atoms with E-state index >= 15 is 0 Å². The van der Waals surface area contributed by atoms with Crippen molar-refractivity contribution in [3.63, 3.8) is 0 Å². The summed E-state index contributed by atoms with van der Waals surface area (Å²) in [6, 6.07) is 34.7. The number of rotatable bonds is 7. The second-order valence-electron chi connectivity index (χ2n) is 10.6. The molecule has 3 heterocycles. The van der Waals surface area contributed by atoms with Gasteiger partial charge in [-0.2, -0.15) is 5.10 Å². The van der Waals surface area contributed by atoms with E-state index in [1.54, 1.807) is 0 Å². The Balaban J connectivity index is 1.39. The summed E-state index contributed by atoms with van der Waals surface area (Å²) in [6.07, 6.45) is 2.14. The third-order valence-electron chi connectivity index (χ3n) is 7.69. The molecule has 1 atom stereocenters. The number of nitrogens with zero attached hydrogens (tertiary/aromatic N) is 5. The molecule has 2 aliphatic rings. The van der Waals surface area contributed by atoms with E-state index in [9.17, 15) is 0 Å². The molecule has 0 aliphatic carbocycles. The minimum Gasteiger partial charge on any atom is -0.494 e. The smallest absolute Gasteiger partial charge is 0.179 e. The number of hydrogen-bond donors (Lipinski definition) is 1. The molecule has 0 fully saturated rings. The zero-order chi connectivity index (χ0) is 29.3. The standard InChI is InChI=1S/C35H31BrN6O/c1-3-4-21-43-28-19-17-26(18-20-28)37-33-35-39-34-31(23(2)40-42(34)27-13-6-5-7-14-27)32(24-11-10-12-25(36)22-24)41(35)30-16-9-8-15-29(30)38-33/h5-20,22,32H,3-4,21H2,1-2H3,(H,37,38). The maximum Gasteiger partial charge on any atom is 0.179 e. The molecule has 0 saturated heterocycles. The van der Waals surface area contributed by atoms with Gasteiger partial charge in [0.15, 0.2) is 17.5 Å². The molecule has 43 heavy (non-hydrogen) atoms. The third-order valence-corrected chi connectivity index (χ3v) is 8.18. The molecule has 2 aliphatic heterocycles. The molecule has 0 saturated carbocycles. The zero-order valence-corrected chi connectivity index (χ0v) is 25.6. The SMILES string of the molecule is CCCCOc1ccc(NC2=Nc3ccccc3N3C2=Nc2c(c(C)nn2-c2ccccc2)C3c2cccc(Br)c2)cc1. The molecule has 8 heteroatoms. The maximum absolute atomic E-state index is 5.89. The van der Waals surface area contributed by atoms with E-state index in [1.165, 1.54) is 0 Å². The van der Waals surface area contributed by atoms with E-state index in [1.807, 2.05) is 59.3 Å². The number of unbranched alkanes of at least 4 members (excludes halogenated alkanes) is 1. The van der Waals surface area contributed by atoms with Gasteiger partial charge in [-0.05, 0) is 79.6 Å². The van der Waals surface area contributed by atoms with Crippen LogP contribution < -0.4 is 15.0 Å². The third kappa shape index (κ3) is 5.12. The van der Waals surface area contributed by atoms with Crippen LogP contribution in [0.15, 0.2) is 118 Å². The summed E-state index contributed by atoms with van der Waals surface area (Å²) in [7, 11) is 0. The summed E-state index contributed by atoms with van der Waals surface area (Å²) in [4.78, 5) is 12.7. The van der Waals surface area contributed by atoms with Gasteiger partial charge in [0.05, 0.1) is 35.4 Å². The van der Waals surface area contributed by atoms with Gasteiger partial charge in [-0.1, -0.05) is 71.7 Å². The average molecular weight is 632 g/mol. The lowest BCUT2D eigenvalue weighted by Gasteiger charge is -2.40. The number of para-hydroxylation sites is 3. The zero-order valence-electron chi connectivity index (χ0n) is 24.0. The number of aliphatic imine (C=N–C) groups is 2. The van der Waals surface area contributed by atoms with E-state index < -0.39 is 0 Å². The van der Waals surface area contributed by atoms with Crippen LogP contribution in [-0.4, -0.2) is 28.1 Å². The quantitative estimate of drug-likeness (QED) is 0.182. The van der Waals surface area contributed by atoms with Gasteiger partial charge in [-0.3, -0.25) is 0 Å². The molecule has 7 nitrogen and oxygen atoms in total. The largest absolute Gasteiger partial charge is 0.494 e. The number of amidine groups is 2. The Hall–Kier alpha value is -4.69. The van der Waals surface area contributed by atoms with E-state index in [0.717, 1.165) is 74.3 Å². The molecule has 4 aromatic carbocycles. The van der Waals surface area contributed by atoms with E-state index in [4.69, 9.17) is 19.8 Å². The molecule has 0 amide bonds. The number of anilines is 2. The van der Waals surface area contributed by atoms with Crippen LogP contribution in [0, 0.1) is 6.92 Å². The molecular formula is C35H31BrN6O. The molecule has 0 bridgehead atoms. The van der Waals surface area contributed by atoms with Crippen molar-refractivity contribution in [3.05, 3.63) is 124 Å². The highest BCUT2D eigenvalue weighted by Crippen LogP contribution is 2.48. The minimum absolute atomic E-state index is 0.180. The van der Waals surface area contributed by atoms with Gasteiger partial charge < -0.3 is 15.0 Å². The van der Waals surface area contributed by atoms with Gasteiger partial charge in [0.2, 0.25) is 0 Å². The fraction of sp³-hybridized carbons (Fsp3) is 0.171. The van der Waals surface area contributed by atoms with Crippen molar-refractivity contribution in [1.29, 1.82) is 0 Å². The van der Waals surface area contributed by atoms with Gasteiger partial charge in [-0.15, -0.1) is 0 Å². The first kappa shape index (κ1) is 27.2. The fourth-order valence-electron chi connectivity index (χ4n) is 5.64. The Morgan fingerprint density at radius 3 is 2.47 bits per heavy atom. The van der Waals surface area contributed by atoms with Crippen LogP contribution in [0.4, 0.5) is 22.9 Å². The van der Waals surface area contributed by atoms with Crippen molar-refractivity contribution in [2.75, 3.05) is 16.8 Å². The highest BCUT2D eigenvalue weighted by molar-refractivity contribution is 9.10. The highest BCUT2D eigenvalue weighted by Gasteiger charge is 2.41. The van der Waals surface area contributed by atoms with Gasteiger partial charge >= 0.3 is 0 Å². The predicted molar refractivity (Wildman–Crippen MR) is 178 cm³/mol. The van der Waals surface area contributed by atoms with Crippen molar-refractivity contribution < 1.29 is 4.74 Å². The summed E-state index contributed by atoms with van der Waals surface area (Å²) >= 11 is 3.71. The molecule has 1 aromatic heterocycles. The summed E-state index contributed by atoms with van der Waals surface area (Å²) < 4.78 is 8.85. The second kappa shape index (κ2) is 11.5. The van der Waals surface area contributed by atoms with Gasteiger partial charge in [0.1, 0.15) is 5.75 Å². The number of fused-ring (bicyclic) bond motifs is 4. The van der Waals surface area contributed by atoms with E-state index in [2.05, 4.69) is 88.5 Å². The summed E-state index contributed by atoms with van der Waals surface area (Å²) in [5.74, 6) is 3.06. The molecular weight excluding hydrogens is 600 g/mol. The first-order chi connectivity index (χ1) is 21.1. The molecule has 1 unspecified atom stereocenters. The molecule has 7 rings (SSSR count). The number of aromatic nitrogens is 2. The number of halogens is 1. The lowest BCUT2D eigenvalue weighted by atomic mass is 9.93. The minimum atomic E-state index is -0.180. The molecule has 214 valence electrons. The van der Waals surface area contributed by atoms with Crippen molar-refractivity contribution >= 4 is 50.5 Å². The summed E-state index contributed by atoms with van der Waals surface area (Å²) in [5.41, 5.74) is 6.85. The Bertz CT molecular complexity index is 1840. The Morgan fingerprint density at radius 2 is 1.67 bits per heavy atom. The second-order valence-corrected chi connectivity index (χ2v) is 11.5. The van der Waals surface area contributed by atoms with Crippen molar-refractivity contribution in [3.8, 4) is 11.4 Å². The first-order valence-corrected chi connectivity index (χ1v) is 15.4. The predicted octanol–water partition coefficient (Wildman–Crippen LogP) is 8.92. The Morgan fingerprint density at radius 1 is 0.884 bits per heavy atom. The lowest BCUT2D eigenvalue weighted by Crippen LogP contribution is -2.46. The van der Waals surface area contributed by atoms with Crippen molar-refractivity contribution in [2.45, 2.75) is 32.7 Å². The monoisotopic (exact) mass is 630 g/mol. The van der Waals surface area contributed by atoms with Crippen molar-refractivity contribution in [1.82, 2.24) is 9.78 Å². The van der Waals surface area contributed by atoms with E-state index in [0.29, 0.717) is 12.4 Å². The normalized spacial score (nSPS) is 15.1. The number of aryl methyl sites for hydroxylation is 1. The molecule has 1 N–H and O–H groups in total. The number of hydrogen-bond acceptors (Lipinski definition) is 6. The van der Waals surface area contributed by atoms with Crippen LogP contribution in [0.1, 0.15) is 42.6 Å².